The third-order valence-corrected chi connectivity index (χ3v) is 6.87. The van der Waals surface area contributed by atoms with Gasteiger partial charge in [0, 0.05) is 74.8 Å². The highest BCUT2D eigenvalue weighted by Gasteiger charge is 2.23. The number of hydrogen-bond acceptors (Lipinski definition) is 7. The molecule has 5 aromatic rings. The number of rotatable bonds is 6. The number of nitrogens with zero attached hydrogens (tertiary/aromatic N) is 6. The molecule has 190 valence electrons. The van der Waals surface area contributed by atoms with Gasteiger partial charge in [0.2, 0.25) is 0 Å². The second-order valence-electron chi connectivity index (χ2n) is 9.63. The number of aryl methyl sites for hydroxylation is 2. The van der Waals surface area contributed by atoms with Crippen molar-refractivity contribution in [2.45, 2.75) is 31.9 Å². The molecule has 10 heteroatoms. The quantitative estimate of drug-likeness (QED) is 0.340. The Bertz CT molecular complexity index is 1660. The largest absolute Gasteiger partial charge is 0.452 e. The summed E-state index contributed by atoms with van der Waals surface area (Å²) in [6, 6.07) is 6.81. The normalized spacial score (nSPS) is 15.7. The van der Waals surface area contributed by atoms with Crippen LogP contribution in [-0.2, 0) is 18.3 Å². The van der Waals surface area contributed by atoms with Crippen LogP contribution in [0, 0.1) is 5.82 Å². The number of ether oxygens (including phenoxy) is 1. The van der Waals surface area contributed by atoms with Crippen LogP contribution in [0.4, 0.5) is 10.2 Å². The molecule has 4 aromatic heterocycles. The Kier molecular flexibility index (Phi) is 5.75. The van der Waals surface area contributed by atoms with Crippen molar-refractivity contribution in [3.63, 3.8) is 0 Å². The van der Waals surface area contributed by atoms with Gasteiger partial charge in [-0.2, -0.15) is 10.1 Å². The van der Waals surface area contributed by atoms with Crippen LogP contribution in [0.2, 0.25) is 0 Å². The van der Waals surface area contributed by atoms with Crippen molar-refractivity contribution in [1.82, 2.24) is 24.3 Å². The number of anilines is 1. The van der Waals surface area contributed by atoms with E-state index in [1.165, 1.54) is 6.07 Å². The van der Waals surface area contributed by atoms with Crippen LogP contribution in [0.1, 0.15) is 19.3 Å². The van der Waals surface area contributed by atoms with E-state index in [1.807, 2.05) is 31.1 Å². The Morgan fingerprint density at radius 1 is 1.19 bits per heavy atom. The number of furan rings is 1. The summed E-state index contributed by atoms with van der Waals surface area (Å²) in [4.78, 5) is 24.2. The molecule has 0 aliphatic carbocycles. The van der Waals surface area contributed by atoms with E-state index < -0.39 is 11.5 Å². The lowest BCUT2D eigenvalue weighted by molar-refractivity contribution is 0.100. The molecule has 1 aromatic carbocycles. The van der Waals surface area contributed by atoms with E-state index in [1.54, 1.807) is 41.0 Å². The predicted molar refractivity (Wildman–Crippen MR) is 139 cm³/mol. The highest BCUT2D eigenvalue weighted by molar-refractivity contribution is 6.08. The Hall–Kier alpha value is -4.05. The molecule has 1 atom stereocenters. The highest BCUT2D eigenvalue weighted by Crippen LogP contribution is 2.37. The predicted octanol–water partition coefficient (Wildman–Crippen LogP) is 4.38. The van der Waals surface area contributed by atoms with Gasteiger partial charge in [-0.1, -0.05) is 0 Å². The maximum atomic E-state index is 15.2. The number of hydrogen-bond donors (Lipinski definition) is 0. The summed E-state index contributed by atoms with van der Waals surface area (Å²) >= 11 is 0. The fraction of sp³-hybridized carbons (Fsp3) is 0.333. The first-order valence-corrected chi connectivity index (χ1v) is 12.3. The number of aromatic nitrogens is 5. The van der Waals surface area contributed by atoms with Gasteiger partial charge in [-0.05, 0) is 37.5 Å². The summed E-state index contributed by atoms with van der Waals surface area (Å²) < 4.78 is 30.4. The average Bonchev–Trinajstić information content (AvgIpc) is 3.63. The van der Waals surface area contributed by atoms with Gasteiger partial charge >= 0.3 is 5.69 Å². The minimum absolute atomic E-state index is 0.103. The lowest BCUT2D eigenvalue weighted by atomic mass is 10.1. The van der Waals surface area contributed by atoms with Crippen molar-refractivity contribution < 1.29 is 13.5 Å². The lowest BCUT2D eigenvalue weighted by Gasteiger charge is -2.13. The number of fused-ring (bicyclic) bond motifs is 3. The van der Waals surface area contributed by atoms with Crippen LogP contribution in [0.25, 0.3) is 44.5 Å². The van der Waals surface area contributed by atoms with Crippen LogP contribution >= 0.6 is 0 Å². The van der Waals surface area contributed by atoms with Crippen molar-refractivity contribution in [3.05, 3.63) is 59.2 Å². The van der Waals surface area contributed by atoms with Crippen LogP contribution < -0.4 is 10.6 Å². The molecule has 0 radical (unpaired) electrons. The minimum atomic E-state index is -0.431. The van der Waals surface area contributed by atoms with E-state index in [9.17, 15) is 4.79 Å². The monoisotopic (exact) mass is 502 g/mol. The van der Waals surface area contributed by atoms with Gasteiger partial charge in [-0.25, -0.2) is 14.2 Å². The average molecular weight is 503 g/mol. The van der Waals surface area contributed by atoms with Gasteiger partial charge in [-0.15, -0.1) is 0 Å². The molecule has 1 aliphatic rings. The molecule has 37 heavy (non-hydrogen) atoms. The SMILES string of the molecule is CN(C)c1ccc(-c2nc(=O)n(CCC3CCCO3)c3c2oc2cc(F)c(-c4cnn(C)c4)cc23)cn1. The van der Waals surface area contributed by atoms with Gasteiger partial charge < -0.3 is 14.1 Å². The molecule has 9 nitrogen and oxygen atoms in total. The Morgan fingerprint density at radius 2 is 2.05 bits per heavy atom. The fourth-order valence-corrected chi connectivity index (χ4v) is 4.96. The van der Waals surface area contributed by atoms with E-state index in [0.717, 1.165) is 25.3 Å². The molecule has 0 saturated carbocycles. The second kappa shape index (κ2) is 9.11. The van der Waals surface area contributed by atoms with Gasteiger partial charge in [0.15, 0.2) is 5.58 Å². The van der Waals surface area contributed by atoms with Crippen molar-refractivity contribution in [1.29, 1.82) is 0 Å². The van der Waals surface area contributed by atoms with Crippen molar-refractivity contribution in [2.75, 3.05) is 25.6 Å². The highest BCUT2D eigenvalue weighted by atomic mass is 19.1. The third-order valence-electron chi connectivity index (χ3n) is 6.87. The second-order valence-corrected chi connectivity index (χ2v) is 9.63. The van der Waals surface area contributed by atoms with Crippen LogP contribution in [-0.4, -0.2) is 51.1 Å². The maximum Gasteiger partial charge on any atom is 0.348 e. The molecule has 0 N–H and O–H groups in total. The van der Waals surface area contributed by atoms with Crippen LogP contribution in [0.15, 0.2) is 52.1 Å². The topological polar surface area (TPSA) is 91.2 Å². The Morgan fingerprint density at radius 3 is 2.73 bits per heavy atom. The van der Waals surface area contributed by atoms with E-state index in [0.29, 0.717) is 57.4 Å². The first-order chi connectivity index (χ1) is 17.9. The van der Waals surface area contributed by atoms with Crippen molar-refractivity contribution in [2.24, 2.45) is 7.05 Å². The first-order valence-electron chi connectivity index (χ1n) is 12.3. The Balaban J connectivity index is 1.58. The smallest absolute Gasteiger partial charge is 0.348 e. The standard InChI is InChI=1S/C27H27FN6O3/c1-32(2)23-7-6-16(13-29-23)24-26-25(34(27(35)31-24)9-8-18-5-4-10-36-18)20-11-19(17-14-30-33(3)15-17)21(28)12-22(20)37-26/h6-7,11-15,18H,4-5,8-10H2,1-3H3. The molecule has 1 unspecified atom stereocenters. The summed E-state index contributed by atoms with van der Waals surface area (Å²) in [6.45, 7) is 1.16. The summed E-state index contributed by atoms with van der Waals surface area (Å²) in [5.41, 5.74) is 3.01. The minimum Gasteiger partial charge on any atom is -0.452 e. The zero-order valence-corrected chi connectivity index (χ0v) is 20.9. The molecular formula is C27H27FN6O3. The molecule has 1 saturated heterocycles. The molecule has 0 amide bonds. The van der Waals surface area contributed by atoms with Crippen molar-refractivity contribution in [3.8, 4) is 22.4 Å². The van der Waals surface area contributed by atoms with Gasteiger partial charge in [-0.3, -0.25) is 9.25 Å². The molecular weight excluding hydrogens is 475 g/mol. The maximum absolute atomic E-state index is 15.2. The zero-order chi connectivity index (χ0) is 25.7. The molecule has 0 spiro atoms. The molecule has 1 aliphatic heterocycles. The van der Waals surface area contributed by atoms with Crippen LogP contribution in [0.3, 0.4) is 0 Å². The molecule has 1 fully saturated rings. The van der Waals surface area contributed by atoms with Gasteiger partial charge in [0.1, 0.15) is 28.4 Å². The molecule has 5 heterocycles. The van der Waals surface area contributed by atoms with E-state index >= 15 is 4.39 Å². The summed E-state index contributed by atoms with van der Waals surface area (Å²) in [6.07, 6.45) is 7.80. The number of benzene rings is 1. The number of pyridine rings is 1. The zero-order valence-electron chi connectivity index (χ0n) is 20.9. The molecule has 6 rings (SSSR count). The summed E-state index contributed by atoms with van der Waals surface area (Å²) in [5, 5.41) is 4.82. The summed E-state index contributed by atoms with van der Waals surface area (Å²) in [7, 11) is 5.59. The van der Waals surface area contributed by atoms with Gasteiger partial charge in [0.05, 0.1) is 12.3 Å². The lowest BCUT2D eigenvalue weighted by Crippen LogP contribution is -2.25. The van der Waals surface area contributed by atoms with E-state index in [-0.39, 0.29) is 6.10 Å². The van der Waals surface area contributed by atoms with Gasteiger partial charge in [0.25, 0.3) is 0 Å². The Labute approximate surface area is 212 Å². The first kappa shape index (κ1) is 23.4. The van der Waals surface area contributed by atoms with E-state index in [2.05, 4.69) is 15.1 Å². The van der Waals surface area contributed by atoms with Crippen LogP contribution in [0.5, 0.6) is 0 Å². The number of halogens is 1. The molecule has 0 bridgehead atoms. The summed E-state index contributed by atoms with van der Waals surface area (Å²) in [5.74, 6) is 0.344. The van der Waals surface area contributed by atoms with Crippen molar-refractivity contribution >= 4 is 27.9 Å². The van der Waals surface area contributed by atoms with E-state index in [4.69, 9.17) is 9.15 Å². The third kappa shape index (κ3) is 4.17. The fourth-order valence-electron chi connectivity index (χ4n) is 4.96.